The van der Waals surface area contributed by atoms with Gasteiger partial charge in [0.05, 0.1) is 45.1 Å². The Labute approximate surface area is 242 Å². The molecule has 214 valence electrons. The molecule has 10 heteroatoms. The summed E-state index contributed by atoms with van der Waals surface area (Å²) in [5, 5.41) is 3.37. The summed E-state index contributed by atoms with van der Waals surface area (Å²) in [6, 6.07) is 9.37. The van der Waals surface area contributed by atoms with Crippen LogP contribution < -0.4 is 24.3 Å². The third-order valence-electron chi connectivity index (χ3n) is 7.24. The second kappa shape index (κ2) is 12.8. The van der Waals surface area contributed by atoms with Crippen LogP contribution in [0.3, 0.4) is 0 Å². The van der Waals surface area contributed by atoms with Gasteiger partial charge in [-0.15, -0.1) is 0 Å². The van der Waals surface area contributed by atoms with Gasteiger partial charge >= 0.3 is 5.97 Å². The molecule has 2 aliphatic rings. The SMILES string of the molecule is COCCOC(=O)C1=C(C)NC2=C(C(=O)C[C@@H](c3ccc(OC)c(OC)c3)C2)[C@@H]1c1cc(Br)c(OC)c(OC)c1. The smallest absolute Gasteiger partial charge is 0.336 e. The quantitative estimate of drug-likeness (QED) is 0.291. The molecular formula is C30H34BrNO8. The molecule has 0 unspecified atom stereocenters. The van der Waals surface area contributed by atoms with E-state index in [0.717, 1.165) is 11.3 Å². The summed E-state index contributed by atoms with van der Waals surface area (Å²) >= 11 is 3.57. The number of ketones is 1. The molecular weight excluding hydrogens is 582 g/mol. The van der Waals surface area contributed by atoms with E-state index in [4.69, 9.17) is 28.4 Å². The summed E-state index contributed by atoms with van der Waals surface area (Å²) in [7, 11) is 7.81. The number of benzene rings is 2. The number of nitrogens with one attached hydrogen (secondary N) is 1. The number of hydrogen-bond donors (Lipinski definition) is 1. The Morgan fingerprint density at radius 2 is 1.60 bits per heavy atom. The summed E-state index contributed by atoms with van der Waals surface area (Å²) in [5.74, 6) is 0.901. The van der Waals surface area contributed by atoms with Crippen molar-refractivity contribution < 1.29 is 38.0 Å². The van der Waals surface area contributed by atoms with E-state index in [1.165, 1.54) is 7.11 Å². The van der Waals surface area contributed by atoms with Gasteiger partial charge in [0.2, 0.25) is 0 Å². The Morgan fingerprint density at radius 3 is 2.25 bits per heavy atom. The molecule has 1 aliphatic heterocycles. The average Bonchev–Trinajstić information content (AvgIpc) is 2.95. The van der Waals surface area contributed by atoms with Gasteiger partial charge in [-0.1, -0.05) is 6.07 Å². The predicted octanol–water partition coefficient (Wildman–Crippen LogP) is 5.03. The molecule has 2 atom stereocenters. The summed E-state index contributed by atoms with van der Waals surface area (Å²) in [6.45, 7) is 2.18. The van der Waals surface area contributed by atoms with Gasteiger partial charge in [0.15, 0.2) is 28.8 Å². The van der Waals surface area contributed by atoms with Gasteiger partial charge in [-0.2, -0.15) is 0 Å². The number of halogens is 1. The van der Waals surface area contributed by atoms with Crippen LogP contribution in [0, 0.1) is 0 Å². The molecule has 0 aromatic heterocycles. The Morgan fingerprint density at radius 1 is 0.900 bits per heavy atom. The highest BCUT2D eigenvalue weighted by Gasteiger charge is 2.42. The molecule has 9 nitrogen and oxygen atoms in total. The van der Waals surface area contributed by atoms with Gasteiger partial charge in [-0.3, -0.25) is 4.79 Å². The van der Waals surface area contributed by atoms with Crippen molar-refractivity contribution in [3.05, 3.63) is 68.5 Å². The van der Waals surface area contributed by atoms with Gasteiger partial charge in [-0.05, 0) is 70.6 Å². The maximum Gasteiger partial charge on any atom is 0.336 e. The fourth-order valence-electron chi connectivity index (χ4n) is 5.39. The molecule has 0 bridgehead atoms. The van der Waals surface area contributed by atoms with Crippen molar-refractivity contribution in [2.24, 2.45) is 0 Å². The van der Waals surface area contributed by atoms with E-state index >= 15 is 0 Å². The van der Waals surface area contributed by atoms with Gasteiger partial charge in [-0.25, -0.2) is 4.79 Å². The Hall–Kier alpha value is -3.50. The average molecular weight is 617 g/mol. The van der Waals surface area contributed by atoms with E-state index < -0.39 is 11.9 Å². The van der Waals surface area contributed by atoms with Crippen LogP contribution in [0.4, 0.5) is 0 Å². The molecule has 0 saturated heterocycles. The third kappa shape index (κ3) is 5.69. The minimum atomic E-state index is -0.666. The monoisotopic (exact) mass is 615 g/mol. The number of carbonyl (C=O) groups excluding carboxylic acids is 2. The Kier molecular flexibility index (Phi) is 9.42. The van der Waals surface area contributed by atoms with Crippen LogP contribution >= 0.6 is 15.9 Å². The van der Waals surface area contributed by atoms with Crippen molar-refractivity contribution in [1.29, 1.82) is 0 Å². The highest BCUT2D eigenvalue weighted by molar-refractivity contribution is 9.10. The molecule has 1 heterocycles. The summed E-state index contributed by atoms with van der Waals surface area (Å²) in [4.78, 5) is 27.4. The maximum absolute atomic E-state index is 14.0. The van der Waals surface area contributed by atoms with Crippen molar-refractivity contribution >= 4 is 27.7 Å². The molecule has 2 aromatic rings. The standard InChI is InChI=1S/C30H34BrNO8/c1-16-26(30(34)40-10-9-35-2)27(19-11-20(31)29(39-6)25(15-19)38-5)28-21(32-16)12-18(13-22(28)33)17-7-8-23(36-3)24(14-17)37-4/h7-8,11,14-15,18,27,32H,9-10,12-13H2,1-6H3/t18-,27+/m0/s1. The second-order valence-electron chi connectivity index (χ2n) is 9.50. The molecule has 0 fully saturated rings. The van der Waals surface area contributed by atoms with Gasteiger partial charge in [0.25, 0.3) is 0 Å². The molecule has 0 amide bonds. The Balaban J connectivity index is 1.81. The predicted molar refractivity (Wildman–Crippen MR) is 152 cm³/mol. The van der Waals surface area contributed by atoms with Gasteiger partial charge < -0.3 is 33.7 Å². The number of Topliss-reactive ketones (excluding diaryl/α,β-unsaturated/α-hetero) is 1. The van der Waals surface area contributed by atoms with Crippen LogP contribution in [-0.2, 0) is 19.1 Å². The van der Waals surface area contributed by atoms with Crippen molar-refractivity contribution in [1.82, 2.24) is 5.32 Å². The van der Waals surface area contributed by atoms with E-state index in [2.05, 4.69) is 21.2 Å². The first-order valence-electron chi connectivity index (χ1n) is 12.8. The number of carbonyl (C=O) groups is 2. The number of esters is 1. The minimum absolute atomic E-state index is 0.0564. The van der Waals surface area contributed by atoms with Crippen molar-refractivity contribution in [2.45, 2.75) is 31.6 Å². The first kappa shape index (κ1) is 29.5. The second-order valence-corrected chi connectivity index (χ2v) is 10.4. The Bertz CT molecular complexity index is 1370. The largest absolute Gasteiger partial charge is 0.493 e. The molecule has 1 N–H and O–H groups in total. The van der Waals surface area contributed by atoms with Crippen molar-refractivity contribution in [3.8, 4) is 23.0 Å². The number of rotatable bonds is 10. The van der Waals surface area contributed by atoms with Crippen LogP contribution in [0.2, 0.25) is 0 Å². The van der Waals surface area contributed by atoms with Gasteiger partial charge in [0.1, 0.15) is 6.61 Å². The molecule has 0 saturated carbocycles. The zero-order valence-corrected chi connectivity index (χ0v) is 25.1. The zero-order valence-electron chi connectivity index (χ0n) is 23.5. The van der Waals surface area contributed by atoms with E-state index in [-0.39, 0.29) is 31.3 Å². The summed E-state index contributed by atoms with van der Waals surface area (Å²) in [6.07, 6.45) is 0.844. The minimum Gasteiger partial charge on any atom is -0.493 e. The molecule has 40 heavy (non-hydrogen) atoms. The third-order valence-corrected chi connectivity index (χ3v) is 7.83. The van der Waals surface area contributed by atoms with Crippen molar-refractivity contribution in [3.63, 3.8) is 0 Å². The van der Waals surface area contributed by atoms with Crippen LogP contribution in [0.25, 0.3) is 0 Å². The van der Waals surface area contributed by atoms with Crippen molar-refractivity contribution in [2.75, 3.05) is 48.8 Å². The molecule has 0 radical (unpaired) electrons. The van der Waals surface area contributed by atoms with Crippen LogP contribution in [0.5, 0.6) is 23.0 Å². The van der Waals surface area contributed by atoms with Crippen LogP contribution in [0.1, 0.15) is 42.7 Å². The lowest BCUT2D eigenvalue weighted by Gasteiger charge is -2.37. The van der Waals surface area contributed by atoms with Crippen LogP contribution in [0.15, 0.2) is 57.3 Å². The van der Waals surface area contributed by atoms with Gasteiger partial charge in [0, 0.05) is 36.4 Å². The topological polar surface area (TPSA) is 102 Å². The molecule has 2 aromatic carbocycles. The molecule has 0 spiro atoms. The summed E-state index contributed by atoms with van der Waals surface area (Å²) < 4.78 is 33.2. The lowest BCUT2D eigenvalue weighted by Crippen LogP contribution is -2.36. The highest BCUT2D eigenvalue weighted by atomic mass is 79.9. The zero-order chi connectivity index (χ0) is 29.0. The number of methoxy groups -OCH3 is 5. The molecule has 4 rings (SSSR count). The number of allylic oxidation sites excluding steroid dienone is 3. The lowest BCUT2D eigenvalue weighted by atomic mass is 9.71. The van der Waals surface area contributed by atoms with Crippen LogP contribution in [-0.4, -0.2) is 60.5 Å². The van der Waals surface area contributed by atoms with E-state index in [1.54, 1.807) is 34.5 Å². The normalized spacial score (nSPS) is 18.6. The molecule has 1 aliphatic carbocycles. The number of hydrogen-bond acceptors (Lipinski definition) is 9. The highest BCUT2D eigenvalue weighted by Crippen LogP contribution is 2.49. The fraction of sp³-hybridized carbons (Fsp3) is 0.400. The number of dihydropyridines is 1. The van der Waals surface area contributed by atoms with E-state index in [0.29, 0.717) is 56.3 Å². The first-order chi connectivity index (χ1) is 19.3. The fourth-order valence-corrected chi connectivity index (χ4v) is 6.01. The first-order valence-corrected chi connectivity index (χ1v) is 13.6. The summed E-state index contributed by atoms with van der Waals surface area (Å²) in [5.41, 5.74) is 3.98. The maximum atomic E-state index is 14.0. The lowest BCUT2D eigenvalue weighted by molar-refractivity contribution is -0.140. The number of ether oxygens (including phenoxy) is 6. The van der Waals surface area contributed by atoms with E-state index in [1.807, 2.05) is 31.2 Å². The van der Waals surface area contributed by atoms with E-state index in [9.17, 15) is 9.59 Å².